The first-order valence-corrected chi connectivity index (χ1v) is 7.01. The van der Waals surface area contributed by atoms with E-state index >= 15 is 0 Å². The standard InChI is InChI=1S/C15H11Cl2FN2/c1-9-2-5-12-14(6-9)20(15(8-16)19-12)13-7-10(18)3-4-11(13)17/h2-7H,8H2,1H3. The van der Waals surface area contributed by atoms with Gasteiger partial charge in [0, 0.05) is 0 Å². The van der Waals surface area contributed by atoms with E-state index in [4.69, 9.17) is 23.2 Å². The molecule has 0 saturated carbocycles. The van der Waals surface area contributed by atoms with Crippen LogP contribution in [-0.4, -0.2) is 9.55 Å². The first-order valence-electron chi connectivity index (χ1n) is 6.09. The summed E-state index contributed by atoms with van der Waals surface area (Å²) in [6, 6.07) is 10.1. The van der Waals surface area contributed by atoms with Crippen LogP contribution in [-0.2, 0) is 5.88 Å². The van der Waals surface area contributed by atoms with Crippen molar-refractivity contribution in [3.63, 3.8) is 0 Å². The lowest BCUT2D eigenvalue weighted by Crippen LogP contribution is -2.01. The molecule has 0 aliphatic heterocycles. The molecule has 0 atom stereocenters. The molecule has 0 radical (unpaired) electrons. The van der Waals surface area contributed by atoms with Crippen LogP contribution < -0.4 is 0 Å². The molecule has 102 valence electrons. The van der Waals surface area contributed by atoms with Gasteiger partial charge in [0.25, 0.3) is 0 Å². The third kappa shape index (κ3) is 2.17. The van der Waals surface area contributed by atoms with Gasteiger partial charge in [0.1, 0.15) is 11.6 Å². The molecule has 20 heavy (non-hydrogen) atoms. The Balaban J connectivity index is 2.39. The fraction of sp³-hybridized carbons (Fsp3) is 0.133. The molecule has 5 heteroatoms. The molecule has 3 rings (SSSR count). The third-order valence-corrected chi connectivity index (χ3v) is 3.71. The predicted octanol–water partition coefficient (Wildman–Crippen LogP) is 4.87. The van der Waals surface area contributed by atoms with E-state index in [0.717, 1.165) is 16.6 Å². The Morgan fingerprint density at radius 3 is 2.75 bits per heavy atom. The summed E-state index contributed by atoms with van der Waals surface area (Å²) in [4.78, 5) is 4.47. The second-order valence-corrected chi connectivity index (χ2v) is 5.26. The van der Waals surface area contributed by atoms with Gasteiger partial charge in [-0.25, -0.2) is 9.37 Å². The van der Waals surface area contributed by atoms with Gasteiger partial charge in [0.2, 0.25) is 0 Å². The molecule has 0 aliphatic carbocycles. The van der Waals surface area contributed by atoms with Crippen molar-refractivity contribution >= 4 is 34.2 Å². The van der Waals surface area contributed by atoms with Gasteiger partial charge >= 0.3 is 0 Å². The average molecular weight is 309 g/mol. The molecule has 2 nitrogen and oxygen atoms in total. The zero-order valence-electron chi connectivity index (χ0n) is 10.7. The van der Waals surface area contributed by atoms with Crippen molar-refractivity contribution in [1.29, 1.82) is 0 Å². The number of aromatic nitrogens is 2. The number of benzene rings is 2. The van der Waals surface area contributed by atoms with Crippen molar-refractivity contribution in [2.75, 3.05) is 0 Å². The summed E-state index contributed by atoms with van der Waals surface area (Å²) >= 11 is 12.2. The second-order valence-electron chi connectivity index (χ2n) is 4.58. The zero-order valence-corrected chi connectivity index (χ0v) is 12.2. The van der Waals surface area contributed by atoms with Crippen molar-refractivity contribution in [3.8, 4) is 5.69 Å². The van der Waals surface area contributed by atoms with Gasteiger partial charge in [-0.3, -0.25) is 4.57 Å². The topological polar surface area (TPSA) is 17.8 Å². The van der Waals surface area contributed by atoms with Crippen LogP contribution in [0.2, 0.25) is 5.02 Å². The molecule has 2 aromatic carbocycles. The maximum absolute atomic E-state index is 13.5. The molecule has 0 spiro atoms. The minimum absolute atomic E-state index is 0.223. The Labute approximate surface area is 125 Å². The van der Waals surface area contributed by atoms with Crippen LogP contribution in [0.4, 0.5) is 4.39 Å². The van der Waals surface area contributed by atoms with Crippen molar-refractivity contribution < 1.29 is 4.39 Å². The van der Waals surface area contributed by atoms with E-state index in [9.17, 15) is 4.39 Å². The molecule has 0 fully saturated rings. The summed E-state index contributed by atoms with van der Waals surface area (Å²) < 4.78 is 15.3. The van der Waals surface area contributed by atoms with Gasteiger partial charge in [-0.15, -0.1) is 11.6 Å². The summed E-state index contributed by atoms with van der Waals surface area (Å²) in [6.45, 7) is 1.99. The maximum atomic E-state index is 13.5. The highest BCUT2D eigenvalue weighted by Gasteiger charge is 2.14. The van der Waals surface area contributed by atoms with Crippen LogP contribution in [0.5, 0.6) is 0 Å². The molecule has 0 bridgehead atoms. The van der Waals surface area contributed by atoms with Crippen molar-refractivity contribution in [3.05, 3.63) is 58.6 Å². The zero-order chi connectivity index (χ0) is 14.3. The van der Waals surface area contributed by atoms with E-state index in [1.807, 2.05) is 25.1 Å². The number of rotatable bonds is 2. The summed E-state index contributed by atoms with van der Waals surface area (Å²) in [5.41, 5.74) is 3.32. The number of aryl methyl sites for hydroxylation is 1. The molecule has 0 saturated heterocycles. The van der Waals surface area contributed by atoms with Crippen molar-refractivity contribution in [1.82, 2.24) is 9.55 Å². The molecule has 0 unspecified atom stereocenters. The Morgan fingerprint density at radius 2 is 2.00 bits per heavy atom. The molecule has 0 aliphatic rings. The number of imidazole rings is 1. The Morgan fingerprint density at radius 1 is 1.20 bits per heavy atom. The summed E-state index contributed by atoms with van der Waals surface area (Å²) in [5, 5.41) is 0.457. The molecule has 0 N–H and O–H groups in total. The first kappa shape index (κ1) is 13.4. The number of nitrogens with zero attached hydrogens (tertiary/aromatic N) is 2. The lowest BCUT2D eigenvalue weighted by molar-refractivity contribution is 0.626. The molecule has 1 aromatic heterocycles. The minimum atomic E-state index is -0.348. The van der Waals surface area contributed by atoms with E-state index in [2.05, 4.69) is 4.98 Å². The lowest BCUT2D eigenvalue weighted by Gasteiger charge is -2.10. The van der Waals surface area contributed by atoms with E-state index < -0.39 is 0 Å². The fourth-order valence-electron chi connectivity index (χ4n) is 2.25. The predicted molar refractivity (Wildman–Crippen MR) is 80.3 cm³/mol. The van der Waals surface area contributed by atoms with Crippen LogP contribution in [0.15, 0.2) is 36.4 Å². The van der Waals surface area contributed by atoms with Crippen LogP contribution in [0, 0.1) is 12.7 Å². The molecule has 3 aromatic rings. The SMILES string of the molecule is Cc1ccc2nc(CCl)n(-c3cc(F)ccc3Cl)c2c1. The van der Waals surface area contributed by atoms with Crippen molar-refractivity contribution in [2.45, 2.75) is 12.8 Å². The molecular formula is C15H11Cl2FN2. The fourth-order valence-corrected chi connectivity index (χ4v) is 2.63. The van der Waals surface area contributed by atoms with Gasteiger partial charge in [-0.2, -0.15) is 0 Å². The number of hydrogen-bond acceptors (Lipinski definition) is 1. The lowest BCUT2D eigenvalue weighted by atomic mass is 10.2. The van der Waals surface area contributed by atoms with E-state index in [-0.39, 0.29) is 11.7 Å². The van der Waals surface area contributed by atoms with Crippen LogP contribution in [0.1, 0.15) is 11.4 Å². The quantitative estimate of drug-likeness (QED) is 0.618. The highest BCUT2D eigenvalue weighted by molar-refractivity contribution is 6.32. The minimum Gasteiger partial charge on any atom is -0.294 e. The Hall–Kier alpha value is -1.58. The number of alkyl halides is 1. The number of halogens is 3. The van der Waals surface area contributed by atoms with Gasteiger partial charge in [-0.1, -0.05) is 17.7 Å². The van der Waals surface area contributed by atoms with Crippen LogP contribution in [0.3, 0.4) is 0 Å². The smallest absolute Gasteiger partial charge is 0.129 e. The van der Waals surface area contributed by atoms with E-state index in [1.165, 1.54) is 18.2 Å². The van der Waals surface area contributed by atoms with E-state index in [0.29, 0.717) is 16.5 Å². The average Bonchev–Trinajstić information content (AvgIpc) is 2.79. The normalized spacial score (nSPS) is 11.2. The van der Waals surface area contributed by atoms with Gasteiger partial charge < -0.3 is 0 Å². The number of fused-ring (bicyclic) bond motifs is 1. The number of hydrogen-bond donors (Lipinski definition) is 0. The molecular weight excluding hydrogens is 298 g/mol. The second kappa shape index (κ2) is 5.08. The summed E-state index contributed by atoms with van der Waals surface area (Å²) in [6.07, 6.45) is 0. The van der Waals surface area contributed by atoms with Gasteiger partial charge in [0.15, 0.2) is 0 Å². The molecule has 0 amide bonds. The molecule has 1 heterocycles. The largest absolute Gasteiger partial charge is 0.294 e. The third-order valence-electron chi connectivity index (χ3n) is 3.15. The Kier molecular flexibility index (Phi) is 3.40. The highest BCUT2D eigenvalue weighted by Crippen LogP contribution is 2.28. The van der Waals surface area contributed by atoms with Gasteiger partial charge in [-0.05, 0) is 42.8 Å². The van der Waals surface area contributed by atoms with Crippen molar-refractivity contribution in [2.24, 2.45) is 0 Å². The van der Waals surface area contributed by atoms with Crippen LogP contribution in [0.25, 0.3) is 16.7 Å². The summed E-state index contributed by atoms with van der Waals surface area (Å²) in [5.74, 6) is 0.514. The Bertz CT molecular complexity index is 796. The first-order chi connectivity index (χ1) is 9.60. The van der Waals surface area contributed by atoms with Gasteiger partial charge in [0.05, 0.1) is 27.6 Å². The van der Waals surface area contributed by atoms with E-state index in [1.54, 1.807) is 4.57 Å². The monoisotopic (exact) mass is 308 g/mol. The highest BCUT2D eigenvalue weighted by atomic mass is 35.5. The maximum Gasteiger partial charge on any atom is 0.129 e. The van der Waals surface area contributed by atoms with Crippen LogP contribution >= 0.6 is 23.2 Å². The summed E-state index contributed by atoms with van der Waals surface area (Å²) in [7, 11) is 0.